The second-order valence-electron chi connectivity index (χ2n) is 7.72. The maximum absolute atomic E-state index is 14.4. The second-order valence-corrected chi connectivity index (χ2v) is 7.72. The van der Waals surface area contributed by atoms with E-state index in [1.165, 1.54) is 18.9 Å². The Bertz CT molecular complexity index is 871. The molecule has 1 atom stereocenters. The molecule has 0 bridgehead atoms. The van der Waals surface area contributed by atoms with Crippen LogP contribution in [0.1, 0.15) is 36.9 Å². The fourth-order valence-electron chi connectivity index (χ4n) is 3.05. The molecule has 1 aliphatic carbocycles. The van der Waals surface area contributed by atoms with Crippen LogP contribution >= 0.6 is 0 Å². The van der Waals surface area contributed by atoms with Gasteiger partial charge in [0.15, 0.2) is 17.5 Å². The fraction of sp³-hybridized carbons (Fsp3) is 0.458. The van der Waals surface area contributed by atoms with Crippen molar-refractivity contribution < 1.29 is 18.6 Å². The number of rotatable bonds is 11. The van der Waals surface area contributed by atoms with Gasteiger partial charge >= 0.3 is 0 Å². The first-order valence-electron chi connectivity index (χ1n) is 10.7. The number of hydrogen-bond acceptors (Lipinski definition) is 4. The van der Waals surface area contributed by atoms with Crippen LogP contribution in [-0.2, 0) is 11.3 Å². The second kappa shape index (κ2) is 11.6. The topological polar surface area (TPSA) is 64.1 Å². The van der Waals surface area contributed by atoms with Crippen molar-refractivity contribution in [3.8, 4) is 11.5 Å². The lowest BCUT2D eigenvalue weighted by atomic mass is 10.1. The summed E-state index contributed by atoms with van der Waals surface area (Å²) in [5.74, 6) is 2.00. The van der Waals surface area contributed by atoms with E-state index < -0.39 is 0 Å². The van der Waals surface area contributed by atoms with Gasteiger partial charge < -0.3 is 24.8 Å². The largest absolute Gasteiger partial charge is 0.491 e. The highest BCUT2D eigenvalue weighted by Gasteiger charge is 2.22. The van der Waals surface area contributed by atoms with E-state index in [1.807, 2.05) is 37.3 Å². The van der Waals surface area contributed by atoms with Crippen LogP contribution in [0.2, 0.25) is 0 Å². The van der Waals surface area contributed by atoms with Crippen molar-refractivity contribution in [2.24, 2.45) is 10.9 Å². The molecule has 2 aromatic carbocycles. The van der Waals surface area contributed by atoms with Crippen LogP contribution in [0.3, 0.4) is 0 Å². The van der Waals surface area contributed by atoms with Crippen molar-refractivity contribution >= 4 is 5.96 Å². The van der Waals surface area contributed by atoms with Gasteiger partial charge in [0.2, 0.25) is 0 Å². The fourth-order valence-corrected chi connectivity index (χ4v) is 3.05. The minimum Gasteiger partial charge on any atom is -0.491 e. The molecule has 1 saturated carbocycles. The monoisotopic (exact) mass is 429 g/mol. The van der Waals surface area contributed by atoms with Crippen molar-refractivity contribution in [2.45, 2.75) is 32.4 Å². The number of nitrogens with one attached hydrogen (secondary N) is 2. The Kier molecular flexibility index (Phi) is 8.53. The lowest BCUT2D eigenvalue weighted by Crippen LogP contribution is -2.38. The highest BCUT2D eigenvalue weighted by Crippen LogP contribution is 2.30. The van der Waals surface area contributed by atoms with Crippen LogP contribution in [0.25, 0.3) is 0 Å². The molecule has 7 heteroatoms. The predicted molar refractivity (Wildman–Crippen MR) is 120 cm³/mol. The normalized spacial score (nSPS) is 14.8. The number of nitrogens with zero attached hydrogens (tertiary/aromatic N) is 1. The lowest BCUT2D eigenvalue weighted by molar-refractivity contribution is 0.146. The Morgan fingerprint density at radius 2 is 2.00 bits per heavy atom. The number of methoxy groups -OCH3 is 1. The Hall–Kier alpha value is -2.80. The third-order valence-electron chi connectivity index (χ3n) is 5.12. The molecular weight excluding hydrogens is 397 g/mol. The first kappa shape index (κ1) is 22.9. The quantitative estimate of drug-likeness (QED) is 0.320. The Balaban J connectivity index is 1.51. The molecule has 0 amide bonds. The van der Waals surface area contributed by atoms with E-state index in [0.29, 0.717) is 44.0 Å². The van der Waals surface area contributed by atoms with Gasteiger partial charge in [-0.05, 0) is 61.1 Å². The van der Waals surface area contributed by atoms with E-state index in [4.69, 9.17) is 14.2 Å². The first-order valence-corrected chi connectivity index (χ1v) is 10.7. The third kappa shape index (κ3) is 7.43. The summed E-state index contributed by atoms with van der Waals surface area (Å²) in [5, 5.41) is 6.59. The molecule has 2 N–H and O–H groups in total. The van der Waals surface area contributed by atoms with Gasteiger partial charge in [-0.15, -0.1) is 0 Å². The van der Waals surface area contributed by atoms with E-state index >= 15 is 0 Å². The van der Waals surface area contributed by atoms with E-state index in [1.54, 1.807) is 20.2 Å². The zero-order chi connectivity index (χ0) is 22.1. The highest BCUT2D eigenvalue weighted by atomic mass is 19.1. The minimum atomic E-state index is -0.333. The number of benzene rings is 2. The van der Waals surface area contributed by atoms with Gasteiger partial charge in [-0.2, -0.15) is 0 Å². The van der Waals surface area contributed by atoms with Crippen molar-refractivity contribution in [1.29, 1.82) is 0 Å². The molecule has 6 nitrogen and oxygen atoms in total. The van der Waals surface area contributed by atoms with E-state index in [0.717, 1.165) is 16.9 Å². The molecule has 1 fully saturated rings. The van der Waals surface area contributed by atoms with Crippen LogP contribution in [0.15, 0.2) is 47.5 Å². The number of ether oxygens (including phenoxy) is 3. The molecule has 0 spiro atoms. The van der Waals surface area contributed by atoms with Gasteiger partial charge in [0.1, 0.15) is 12.4 Å². The average molecular weight is 430 g/mol. The summed E-state index contributed by atoms with van der Waals surface area (Å²) in [6, 6.07) is 12.9. The summed E-state index contributed by atoms with van der Waals surface area (Å²) in [6.45, 7) is 4.20. The maximum atomic E-state index is 14.4. The van der Waals surface area contributed by atoms with Gasteiger partial charge in [0, 0.05) is 20.7 Å². The van der Waals surface area contributed by atoms with Crippen molar-refractivity contribution in [1.82, 2.24) is 10.6 Å². The third-order valence-corrected chi connectivity index (χ3v) is 5.12. The average Bonchev–Trinajstić information content (AvgIpc) is 3.60. The van der Waals surface area contributed by atoms with Crippen molar-refractivity contribution in [3.05, 3.63) is 59.4 Å². The summed E-state index contributed by atoms with van der Waals surface area (Å²) in [6.07, 6.45) is 2.36. The zero-order valence-corrected chi connectivity index (χ0v) is 18.5. The molecular formula is C24H32FN3O3. The zero-order valence-electron chi connectivity index (χ0n) is 18.5. The highest BCUT2D eigenvalue weighted by molar-refractivity contribution is 5.80. The summed E-state index contributed by atoms with van der Waals surface area (Å²) >= 11 is 0. The van der Waals surface area contributed by atoms with Gasteiger partial charge in [-0.3, -0.25) is 4.99 Å². The van der Waals surface area contributed by atoms with Gasteiger partial charge in [0.05, 0.1) is 19.3 Å². The summed E-state index contributed by atoms with van der Waals surface area (Å²) in [4.78, 5) is 4.28. The van der Waals surface area contributed by atoms with Crippen LogP contribution < -0.4 is 20.1 Å². The molecule has 0 aliphatic heterocycles. The van der Waals surface area contributed by atoms with Gasteiger partial charge in [-0.1, -0.05) is 18.2 Å². The Morgan fingerprint density at radius 1 is 1.16 bits per heavy atom. The van der Waals surface area contributed by atoms with E-state index in [9.17, 15) is 4.39 Å². The first-order chi connectivity index (χ1) is 15.1. The SMILES string of the molecule is CN=C(NCc1cccc(OCCOC)c1)NC(C)c1ccc(OCC2CC2)c(F)c1. The molecule has 0 radical (unpaired) electrons. The maximum Gasteiger partial charge on any atom is 0.191 e. The molecule has 1 aliphatic rings. The van der Waals surface area contributed by atoms with Crippen molar-refractivity contribution in [2.75, 3.05) is 34.0 Å². The number of guanidine groups is 1. The summed E-state index contributed by atoms with van der Waals surface area (Å²) in [7, 11) is 3.36. The van der Waals surface area contributed by atoms with Crippen LogP contribution in [-0.4, -0.2) is 39.9 Å². The standard InChI is InChI=1S/C24H32FN3O3/c1-17(20-9-10-23(22(25)14-20)31-16-18-7-8-18)28-24(26-2)27-15-19-5-4-6-21(13-19)30-12-11-29-3/h4-6,9-10,13-14,17-18H,7-8,11-12,15-16H2,1-3H3,(H2,26,27,28). The molecule has 31 heavy (non-hydrogen) atoms. The van der Waals surface area contributed by atoms with Gasteiger partial charge in [-0.25, -0.2) is 4.39 Å². The smallest absolute Gasteiger partial charge is 0.191 e. The minimum absolute atomic E-state index is 0.123. The number of hydrogen-bond donors (Lipinski definition) is 2. The molecule has 0 aromatic heterocycles. The molecule has 0 heterocycles. The Labute approximate surface area is 183 Å². The molecule has 3 rings (SSSR count). The number of halogens is 1. The van der Waals surface area contributed by atoms with Gasteiger partial charge in [0.25, 0.3) is 0 Å². The van der Waals surface area contributed by atoms with Crippen molar-refractivity contribution in [3.63, 3.8) is 0 Å². The molecule has 168 valence electrons. The summed E-state index contributed by atoms with van der Waals surface area (Å²) in [5.41, 5.74) is 1.89. The predicted octanol–water partition coefficient (Wildman–Crippen LogP) is 4.07. The van der Waals surface area contributed by atoms with E-state index in [2.05, 4.69) is 15.6 Å². The Morgan fingerprint density at radius 3 is 2.71 bits per heavy atom. The molecule has 1 unspecified atom stereocenters. The molecule has 2 aromatic rings. The van der Waals surface area contributed by atoms with E-state index in [-0.39, 0.29) is 11.9 Å². The van der Waals surface area contributed by atoms with Crippen LogP contribution in [0, 0.1) is 11.7 Å². The summed E-state index contributed by atoms with van der Waals surface area (Å²) < 4.78 is 30.6. The van der Waals surface area contributed by atoms with Crippen LogP contribution in [0.4, 0.5) is 4.39 Å². The molecule has 0 saturated heterocycles. The lowest BCUT2D eigenvalue weighted by Gasteiger charge is -2.19. The van der Waals surface area contributed by atoms with Crippen LogP contribution in [0.5, 0.6) is 11.5 Å². The number of aliphatic imine (C=N–C) groups is 1.